The molecule has 0 aliphatic heterocycles. The van der Waals surface area contributed by atoms with Crippen molar-refractivity contribution < 1.29 is 9.53 Å². The first-order valence-electron chi connectivity index (χ1n) is 6.58. The standard InChI is InChI=1S/C15H12Br2ClN3O2/c1-2-23-13-11(16)6-9(7-12(13)17)8-20-21-15(22)10-4-3-5-19-14(10)18/h3-8H,2H2,1H3,(H,21,22). The van der Waals surface area contributed by atoms with Crippen LogP contribution < -0.4 is 10.2 Å². The van der Waals surface area contributed by atoms with Crippen molar-refractivity contribution in [3.05, 3.63) is 55.7 Å². The summed E-state index contributed by atoms with van der Waals surface area (Å²) in [5.41, 5.74) is 3.46. The summed E-state index contributed by atoms with van der Waals surface area (Å²) >= 11 is 12.7. The largest absolute Gasteiger partial charge is 0.492 e. The average molecular weight is 462 g/mol. The van der Waals surface area contributed by atoms with Gasteiger partial charge in [0.05, 0.1) is 27.3 Å². The number of amides is 1. The molecule has 0 fully saturated rings. The Bertz CT molecular complexity index is 730. The van der Waals surface area contributed by atoms with Crippen molar-refractivity contribution in [3.8, 4) is 5.75 Å². The van der Waals surface area contributed by atoms with Gasteiger partial charge < -0.3 is 4.74 Å². The molecule has 1 heterocycles. The van der Waals surface area contributed by atoms with Crippen LogP contribution in [0.25, 0.3) is 0 Å². The van der Waals surface area contributed by atoms with Gasteiger partial charge in [0.15, 0.2) is 0 Å². The number of ether oxygens (including phenoxy) is 1. The lowest BCUT2D eigenvalue weighted by Crippen LogP contribution is -2.18. The fraction of sp³-hybridized carbons (Fsp3) is 0.133. The van der Waals surface area contributed by atoms with E-state index in [1.165, 1.54) is 12.4 Å². The van der Waals surface area contributed by atoms with E-state index in [1.54, 1.807) is 12.1 Å². The molecule has 0 unspecified atom stereocenters. The van der Waals surface area contributed by atoms with Gasteiger partial charge in [-0.1, -0.05) is 11.6 Å². The van der Waals surface area contributed by atoms with Crippen molar-refractivity contribution in [1.82, 2.24) is 10.4 Å². The van der Waals surface area contributed by atoms with E-state index in [0.29, 0.717) is 6.61 Å². The lowest BCUT2D eigenvalue weighted by molar-refractivity contribution is 0.0955. The van der Waals surface area contributed by atoms with E-state index in [0.717, 1.165) is 20.3 Å². The summed E-state index contributed by atoms with van der Waals surface area (Å²) in [6.07, 6.45) is 3.03. The lowest BCUT2D eigenvalue weighted by Gasteiger charge is -2.09. The normalized spacial score (nSPS) is 10.8. The van der Waals surface area contributed by atoms with Crippen LogP contribution in [0.4, 0.5) is 0 Å². The Labute approximate surface area is 155 Å². The molecule has 0 radical (unpaired) electrons. The number of carbonyl (C=O) groups excluding carboxylic acids is 1. The molecule has 0 atom stereocenters. The van der Waals surface area contributed by atoms with Crippen LogP contribution >= 0.6 is 43.5 Å². The molecule has 0 aliphatic rings. The number of nitrogens with zero attached hydrogens (tertiary/aromatic N) is 2. The number of benzene rings is 1. The maximum Gasteiger partial charge on any atom is 0.274 e. The topological polar surface area (TPSA) is 63.6 Å². The Morgan fingerprint density at radius 2 is 2.13 bits per heavy atom. The third-order valence-corrected chi connectivity index (χ3v) is 4.17. The third kappa shape index (κ3) is 4.76. The van der Waals surface area contributed by atoms with E-state index in [-0.39, 0.29) is 10.7 Å². The highest BCUT2D eigenvalue weighted by atomic mass is 79.9. The van der Waals surface area contributed by atoms with Gasteiger partial charge in [-0.3, -0.25) is 4.79 Å². The van der Waals surface area contributed by atoms with Gasteiger partial charge in [-0.15, -0.1) is 0 Å². The Morgan fingerprint density at radius 3 is 2.74 bits per heavy atom. The molecule has 1 N–H and O–H groups in total. The third-order valence-electron chi connectivity index (χ3n) is 2.69. The zero-order valence-corrected chi connectivity index (χ0v) is 15.9. The molecule has 23 heavy (non-hydrogen) atoms. The van der Waals surface area contributed by atoms with Crippen molar-refractivity contribution in [1.29, 1.82) is 0 Å². The molecule has 120 valence electrons. The molecule has 1 amide bonds. The van der Waals surface area contributed by atoms with Crippen LogP contribution in [0, 0.1) is 0 Å². The van der Waals surface area contributed by atoms with E-state index < -0.39 is 5.91 Å². The van der Waals surface area contributed by atoms with Crippen LogP contribution in [0.1, 0.15) is 22.8 Å². The van der Waals surface area contributed by atoms with Crippen LogP contribution in [0.15, 0.2) is 44.5 Å². The van der Waals surface area contributed by atoms with Gasteiger partial charge in [0.1, 0.15) is 10.9 Å². The summed E-state index contributed by atoms with van der Waals surface area (Å²) in [6.45, 7) is 2.47. The fourth-order valence-corrected chi connectivity index (χ4v) is 3.37. The zero-order valence-electron chi connectivity index (χ0n) is 12.0. The SMILES string of the molecule is CCOc1c(Br)cc(C=NNC(=O)c2cccnc2Cl)cc1Br. The molecule has 0 aliphatic carbocycles. The molecular formula is C15H12Br2ClN3O2. The van der Waals surface area contributed by atoms with Gasteiger partial charge in [-0.2, -0.15) is 5.10 Å². The number of nitrogens with one attached hydrogen (secondary N) is 1. The summed E-state index contributed by atoms with van der Waals surface area (Å²) in [6, 6.07) is 6.88. The van der Waals surface area contributed by atoms with Crippen molar-refractivity contribution in [2.75, 3.05) is 6.61 Å². The fourth-order valence-electron chi connectivity index (χ4n) is 1.72. The van der Waals surface area contributed by atoms with E-state index in [1.807, 2.05) is 19.1 Å². The van der Waals surface area contributed by atoms with Gasteiger partial charge in [0.2, 0.25) is 0 Å². The van der Waals surface area contributed by atoms with Gasteiger partial charge in [0.25, 0.3) is 5.91 Å². The molecule has 0 spiro atoms. The molecule has 0 saturated heterocycles. The Kier molecular flexibility index (Phi) is 6.56. The van der Waals surface area contributed by atoms with Crippen molar-refractivity contribution in [3.63, 3.8) is 0 Å². The minimum atomic E-state index is -0.427. The summed E-state index contributed by atoms with van der Waals surface area (Å²) in [5.74, 6) is 0.291. The second kappa shape index (κ2) is 8.42. The van der Waals surface area contributed by atoms with E-state index in [9.17, 15) is 4.79 Å². The van der Waals surface area contributed by atoms with Gasteiger partial charge in [0, 0.05) is 6.20 Å². The number of rotatable bonds is 5. The average Bonchev–Trinajstić information content (AvgIpc) is 2.51. The molecule has 1 aromatic heterocycles. The van der Waals surface area contributed by atoms with Crippen LogP contribution in [-0.4, -0.2) is 23.7 Å². The molecule has 0 saturated carbocycles. The van der Waals surface area contributed by atoms with Crippen molar-refractivity contribution >= 4 is 55.6 Å². The monoisotopic (exact) mass is 459 g/mol. The highest BCUT2D eigenvalue weighted by Gasteiger charge is 2.10. The van der Waals surface area contributed by atoms with E-state index in [4.69, 9.17) is 16.3 Å². The van der Waals surface area contributed by atoms with Gasteiger partial charge in [-0.25, -0.2) is 10.4 Å². The van der Waals surface area contributed by atoms with Gasteiger partial charge in [-0.05, 0) is 68.6 Å². The number of halogens is 3. The number of carbonyl (C=O) groups is 1. The van der Waals surface area contributed by atoms with E-state index >= 15 is 0 Å². The first-order valence-corrected chi connectivity index (χ1v) is 8.55. The summed E-state index contributed by atoms with van der Waals surface area (Å²) < 4.78 is 7.08. The highest BCUT2D eigenvalue weighted by molar-refractivity contribution is 9.11. The Hall–Kier alpha value is -1.44. The predicted molar refractivity (Wildman–Crippen MR) is 97.3 cm³/mol. The summed E-state index contributed by atoms with van der Waals surface area (Å²) in [4.78, 5) is 15.8. The smallest absolute Gasteiger partial charge is 0.274 e. The van der Waals surface area contributed by atoms with Crippen molar-refractivity contribution in [2.24, 2.45) is 5.10 Å². The van der Waals surface area contributed by atoms with Crippen LogP contribution in [0.5, 0.6) is 5.75 Å². The molecule has 2 aromatic rings. The first kappa shape index (κ1) is 17.9. The predicted octanol–water partition coefficient (Wildman–Crippen LogP) is 4.42. The van der Waals surface area contributed by atoms with E-state index in [2.05, 4.69) is 47.4 Å². The summed E-state index contributed by atoms with van der Waals surface area (Å²) in [5, 5.41) is 4.05. The Morgan fingerprint density at radius 1 is 1.43 bits per heavy atom. The minimum absolute atomic E-state index is 0.131. The Balaban J connectivity index is 2.09. The number of aromatic nitrogens is 1. The quantitative estimate of drug-likeness (QED) is 0.407. The molecule has 5 nitrogen and oxygen atoms in total. The lowest BCUT2D eigenvalue weighted by atomic mass is 10.2. The number of hydrazone groups is 1. The number of hydrogen-bond donors (Lipinski definition) is 1. The first-order chi connectivity index (χ1) is 11.0. The molecule has 2 rings (SSSR count). The van der Waals surface area contributed by atoms with Crippen LogP contribution in [0.2, 0.25) is 5.15 Å². The number of pyridine rings is 1. The van der Waals surface area contributed by atoms with Crippen LogP contribution in [-0.2, 0) is 0 Å². The zero-order chi connectivity index (χ0) is 16.8. The maximum absolute atomic E-state index is 11.9. The maximum atomic E-state index is 11.9. The van der Waals surface area contributed by atoms with Crippen molar-refractivity contribution in [2.45, 2.75) is 6.92 Å². The van der Waals surface area contributed by atoms with Gasteiger partial charge >= 0.3 is 0 Å². The number of hydrogen-bond acceptors (Lipinski definition) is 4. The minimum Gasteiger partial charge on any atom is -0.492 e. The molecular weight excluding hydrogens is 449 g/mol. The van der Waals surface area contributed by atoms with Crippen LogP contribution in [0.3, 0.4) is 0 Å². The second-order valence-electron chi connectivity index (χ2n) is 4.29. The highest BCUT2D eigenvalue weighted by Crippen LogP contribution is 2.34. The molecule has 8 heteroatoms. The molecule has 1 aromatic carbocycles. The second-order valence-corrected chi connectivity index (χ2v) is 6.35. The summed E-state index contributed by atoms with van der Waals surface area (Å²) in [7, 11) is 0. The molecule has 0 bridgehead atoms.